The summed E-state index contributed by atoms with van der Waals surface area (Å²) in [7, 11) is 0. The van der Waals surface area contributed by atoms with Crippen LogP contribution in [0.5, 0.6) is 0 Å². The summed E-state index contributed by atoms with van der Waals surface area (Å²) in [6.45, 7) is 2.66. The van der Waals surface area contributed by atoms with Gasteiger partial charge in [-0.15, -0.1) is 0 Å². The van der Waals surface area contributed by atoms with Crippen molar-refractivity contribution in [1.82, 2.24) is 8.86 Å². The smallest absolute Gasteiger partial charge is 0.262 e. The zero-order chi connectivity index (χ0) is 10.1. The number of likely N-dealkylation sites (tertiary alicyclic amines) is 1. The second kappa shape index (κ2) is 3.57. The van der Waals surface area contributed by atoms with Crippen LogP contribution in [0.25, 0.3) is 0 Å². The van der Waals surface area contributed by atoms with Gasteiger partial charge in [-0.25, -0.2) is 3.96 Å². The molecule has 0 aliphatic carbocycles. The van der Waals surface area contributed by atoms with E-state index in [0.717, 1.165) is 13.0 Å². The third-order valence-electron chi connectivity index (χ3n) is 2.50. The van der Waals surface area contributed by atoms with Crippen LogP contribution in [0.3, 0.4) is 0 Å². The summed E-state index contributed by atoms with van der Waals surface area (Å²) in [6, 6.07) is 1.53. The van der Waals surface area contributed by atoms with Crippen LogP contribution in [0.15, 0.2) is 16.2 Å². The van der Waals surface area contributed by atoms with Crippen LogP contribution >= 0.6 is 11.5 Å². The molecule has 1 aromatic rings. The molecule has 1 atom stereocenters. The third kappa shape index (κ3) is 1.48. The molecule has 76 valence electrons. The standard InChI is InChI=1S/C9H12N2O2S/c1-7(10-5-2-3-8(10)12)11-9(13)4-6-14-11/h4,6-7H,2-3,5H2,1H3. The minimum atomic E-state index is -0.127. The van der Waals surface area contributed by atoms with Crippen molar-refractivity contribution in [1.29, 1.82) is 0 Å². The minimum Gasteiger partial charge on any atom is -0.321 e. The predicted molar refractivity (Wildman–Crippen MR) is 54.2 cm³/mol. The lowest BCUT2D eigenvalue weighted by atomic mass is 10.4. The Morgan fingerprint density at radius 1 is 1.50 bits per heavy atom. The summed E-state index contributed by atoms with van der Waals surface area (Å²) in [5.74, 6) is 0.151. The van der Waals surface area contributed by atoms with Crippen molar-refractivity contribution in [3.63, 3.8) is 0 Å². The number of rotatable bonds is 2. The number of nitrogens with zero attached hydrogens (tertiary/aromatic N) is 2. The molecule has 0 N–H and O–H groups in total. The number of hydrogen-bond acceptors (Lipinski definition) is 3. The van der Waals surface area contributed by atoms with E-state index in [2.05, 4.69) is 0 Å². The quantitative estimate of drug-likeness (QED) is 0.735. The van der Waals surface area contributed by atoms with E-state index in [9.17, 15) is 9.59 Å². The zero-order valence-corrected chi connectivity index (χ0v) is 8.79. The van der Waals surface area contributed by atoms with Crippen molar-refractivity contribution in [3.05, 3.63) is 21.8 Å². The van der Waals surface area contributed by atoms with E-state index >= 15 is 0 Å². The fourth-order valence-corrected chi connectivity index (χ4v) is 2.51. The summed E-state index contributed by atoms with van der Waals surface area (Å²) in [5.41, 5.74) is -0.0257. The summed E-state index contributed by atoms with van der Waals surface area (Å²) < 4.78 is 1.63. The summed E-state index contributed by atoms with van der Waals surface area (Å²) >= 11 is 1.36. The third-order valence-corrected chi connectivity index (χ3v) is 3.47. The molecule has 2 rings (SSSR count). The number of aromatic nitrogens is 1. The largest absolute Gasteiger partial charge is 0.321 e. The van der Waals surface area contributed by atoms with Gasteiger partial charge >= 0.3 is 0 Å². The van der Waals surface area contributed by atoms with Gasteiger partial charge in [0.15, 0.2) is 0 Å². The molecule has 1 unspecified atom stereocenters. The van der Waals surface area contributed by atoms with Gasteiger partial charge in [-0.05, 0) is 13.3 Å². The van der Waals surface area contributed by atoms with Gasteiger partial charge in [-0.3, -0.25) is 9.59 Å². The lowest BCUT2D eigenvalue weighted by Crippen LogP contribution is -2.34. The van der Waals surface area contributed by atoms with E-state index in [1.807, 2.05) is 6.92 Å². The normalized spacial score (nSPS) is 18.9. The molecule has 0 saturated carbocycles. The average Bonchev–Trinajstić information content (AvgIpc) is 2.73. The van der Waals surface area contributed by atoms with E-state index in [0.29, 0.717) is 6.42 Å². The first-order valence-corrected chi connectivity index (χ1v) is 5.50. The molecule has 1 aliphatic heterocycles. The molecule has 4 nitrogen and oxygen atoms in total. The molecule has 1 amide bonds. The van der Waals surface area contributed by atoms with Gasteiger partial charge in [0.1, 0.15) is 6.17 Å². The molecule has 14 heavy (non-hydrogen) atoms. The van der Waals surface area contributed by atoms with E-state index in [1.165, 1.54) is 17.6 Å². The SMILES string of the molecule is CC(N1CCCC1=O)n1sccc1=O. The maximum absolute atomic E-state index is 11.4. The highest BCUT2D eigenvalue weighted by Crippen LogP contribution is 2.20. The van der Waals surface area contributed by atoms with Crippen molar-refractivity contribution < 1.29 is 4.79 Å². The molecule has 1 fully saturated rings. The van der Waals surface area contributed by atoms with Crippen LogP contribution in [0.2, 0.25) is 0 Å². The molecule has 5 heteroatoms. The van der Waals surface area contributed by atoms with Crippen molar-refractivity contribution in [2.75, 3.05) is 6.54 Å². The number of hydrogen-bond donors (Lipinski definition) is 0. The Kier molecular flexibility index (Phi) is 2.41. The molecule has 0 spiro atoms. The second-order valence-electron chi connectivity index (χ2n) is 3.39. The van der Waals surface area contributed by atoms with Gasteiger partial charge in [-0.1, -0.05) is 11.5 Å². The van der Waals surface area contributed by atoms with Crippen LogP contribution in [-0.4, -0.2) is 21.3 Å². The lowest BCUT2D eigenvalue weighted by molar-refractivity contribution is -0.130. The predicted octanol–water partition coefficient (Wildman–Crippen LogP) is 1.05. The molecule has 1 aromatic heterocycles. The Bertz CT molecular complexity index is 396. The van der Waals surface area contributed by atoms with Gasteiger partial charge < -0.3 is 4.90 Å². The molecule has 1 aliphatic rings. The maximum Gasteiger partial charge on any atom is 0.262 e. The van der Waals surface area contributed by atoms with Gasteiger partial charge in [0.2, 0.25) is 5.91 Å². The van der Waals surface area contributed by atoms with Crippen molar-refractivity contribution in [2.24, 2.45) is 0 Å². The molecule has 0 radical (unpaired) electrons. The zero-order valence-electron chi connectivity index (χ0n) is 7.97. The van der Waals surface area contributed by atoms with Crippen molar-refractivity contribution in [2.45, 2.75) is 25.9 Å². The topological polar surface area (TPSA) is 42.3 Å². The number of carbonyl (C=O) groups is 1. The summed E-state index contributed by atoms with van der Waals surface area (Å²) in [6.07, 6.45) is 1.39. The summed E-state index contributed by atoms with van der Waals surface area (Å²) in [5, 5.41) is 1.75. The van der Waals surface area contributed by atoms with Crippen molar-refractivity contribution >= 4 is 17.4 Å². The van der Waals surface area contributed by atoms with Crippen LogP contribution in [-0.2, 0) is 4.79 Å². The maximum atomic E-state index is 11.4. The lowest BCUT2D eigenvalue weighted by Gasteiger charge is -2.23. The van der Waals surface area contributed by atoms with E-state index in [1.54, 1.807) is 14.2 Å². The highest BCUT2D eigenvalue weighted by Gasteiger charge is 2.26. The molecule has 0 bridgehead atoms. The van der Waals surface area contributed by atoms with Crippen LogP contribution < -0.4 is 5.56 Å². The fourth-order valence-electron chi connectivity index (χ4n) is 1.74. The van der Waals surface area contributed by atoms with Crippen LogP contribution in [0.4, 0.5) is 0 Å². The number of carbonyl (C=O) groups excluding carboxylic acids is 1. The van der Waals surface area contributed by atoms with Crippen molar-refractivity contribution in [3.8, 4) is 0 Å². The van der Waals surface area contributed by atoms with Gasteiger partial charge in [0.25, 0.3) is 5.56 Å². The number of amides is 1. The van der Waals surface area contributed by atoms with Gasteiger partial charge in [0.05, 0.1) is 0 Å². The first-order valence-electron chi connectivity index (χ1n) is 4.66. The van der Waals surface area contributed by atoms with Gasteiger partial charge in [0, 0.05) is 24.4 Å². The minimum absolute atomic E-state index is 0.0257. The van der Waals surface area contributed by atoms with E-state index in [4.69, 9.17) is 0 Å². The Morgan fingerprint density at radius 2 is 2.29 bits per heavy atom. The Hall–Kier alpha value is -1.10. The highest BCUT2D eigenvalue weighted by molar-refractivity contribution is 7.04. The Labute approximate surface area is 85.9 Å². The van der Waals surface area contributed by atoms with Crippen LogP contribution in [0.1, 0.15) is 25.9 Å². The summed E-state index contributed by atoms with van der Waals surface area (Å²) in [4.78, 5) is 24.6. The van der Waals surface area contributed by atoms with E-state index < -0.39 is 0 Å². The van der Waals surface area contributed by atoms with E-state index in [-0.39, 0.29) is 17.6 Å². The first-order chi connectivity index (χ1) is 6.70. The highest BCUT2D eigenvalue weighted by atomic mass is 32.1. The Morgan fingerprint density at radius 3 is 2.79 bits per heavy atom. The first kappa shape index (κ1) is 9.45. The fraction of sp³-hybridized carbons (Fsp3) is 0.556. The average molecular weight is 212 g/mol. The molecule has 1 saturated heterocycles. The van der Waals surface area contributed by atoms with Crippen LogP contribution in [0, 0.1) is 0 Å². The molecule has 2 heterocycles. The monoisotopic (exact) mass is 212 g/mol. The second-order valence-corrected chi connectivity index (χ2v) is 4.27. The molecular formula is C9H12N2O2S. The molecular weight excluding hydrogens is 200 g/mol. The molecule has 0 aromatic carbocycles. The van der Waals surface area contributed by atoms with Gasteiger partial charge in [-0.2, -0.15) is 0 Å². The Balaban J connectivity index is 2.24.